The first-order valence-corrected chi connectivity index (χ1v) is 7.89. The number of hydrogen-bond acceptors (Lipinski definition) is 5. The molecule has 2 aromatic rings. The van der Waals surface area contributed by atoms with E-state index in [-0.39, 0.29) is 5.71 Å². The van der Waals surface area contributed by atoms with Gasteiger partial charge in [0.25, 0.3) is 0 Å². The summed E-state index contributed by atoms with van der Waals surface area (Å²) in [4.78, 5) is 0. The quantitative estimate of drug-likeness (QED) is 0.808. The monoisotopic (exact) mass is 370 g/mol. The zero-order chi connectivity index (χ0) is 18.6. The molecule has 2 rings (SSSR count). The van der Waals surface area contributed by atoms with Crippen molar-refractivity contribution in [3.63, 3.8) is 0 Å². The predicted molar refractivity (Wildman–Crippen MR) is 93.1 cm³/mol. The first-order valence-electron chi connectivity index (χ1n) is 7.13. The van der Waals surface area contributed by atoms with E-state index in [1.807, 2.05) is 18.2 Å². The molecule has 0 aliphatic carbocycles. The van der Waals surface area contributed by atoms with Crippen LogP contribution in [0.2, 0.25) is 10.0 Å². The molecule has 0 fully saturated rings. The zero-order valence-electron chi connectivity index (χ0n) is 13.1. The molecule has 2 atom stereocenters. The van der Waals surface area contributed by atoms with Crippen LogP contribution in [0, 0.1) is 51.2 Å². The van der Waals surface area contributed by atoms with Gasteiger partial charge in [0.15, 0.2) is 0 Å². The third-order valence-electron chi connectivity index (χ3n) is 3.73. The van der Waals surface area contributed by atoms with Crippen LogP contribution in [0.4, 0.5) is 0 Å². The molecule has 0 saturated carbocycles. The van der Waals surface area contributed by atoms with Gasteiger partial charge in [-0.15, -0.1) is 0 Å². The van der Waals surface area contributed by atoms with E-state index in [1.54, 1.807) is 25.4 Å². The molecular weight excluding hydrogens is 359 g/mol. The van der Waals surface area contributed by atoms with Crippen LogP contribution in [0.1, 0.15) is 17.0 Å². The molecule has 1 N–H and O–H groups in total. The molecule has 1 heterocycles. The van der Waals surface area contributed by atoms with Gasteiger partial charge in [0.05, 0.1) is 36.0 Å². The van der Waals surface area contributed by atoms with Crippen molar-refractivity contribution in [2.75, 3.05) is 0 Å². The minimum Gasteiger partial charge on any atom is -0.303 e. The molecule has 0 spiro atoms. The van der Waals surface area contributed by atoms with Crippen LogP contribution in [-0.4, -0.2) is 15.5 Å². The lowest BCUT2D eigenvalue weighted by Gasteiger charge is -2.23. The lowest BCUT2D eigenvalue weighted by molar-refractivity contribution is 0.560. The zero-order valence-corrected chi connectivity index (χ0v) is 14.6. The summed E-state index contributed by atoms with van der Waals surface area (Å²) in [5.74, 6) is -3.05. The fraction of sp³-hybridized carbons (Fsp3) is 0.235. The molecule has 0 aliphatic rings. The Morgan fingerprint density at radius 3 is 2.16 bits per heavy atom. The van der Waals surface area contributed by atoms with Gasteiger partial charge < -0.3 is 5.41 Å². The van der Waals surface area contributed by atoms with E-state index in [2.05, 4.69) is 5.10 Å². The molecule has 0 aliphatic heterocycles. The first kappa shape index (κ1) is 18.5. The van der Waals surface area contributed by atoms with Gasteiger partial charge in [-0.05, 0) is 23.8 Å². The van der Waals surface area contributed by atoms with Gasteiger partial charge in [0.2, 0.25) is 0 Å². The van der Waals surface area contributed by atoms with E-state index in [4.69, 9.17) is 28.6 Å². The van der Waals surface area contributed by atoms with Gasteiger partial charge in [-0.2, -0.15) is 20.9 Å². The van der Waals surface area contributed by atoms with Crippen LogP contribution in [0.15, 0.2) is 30.6 Å². The van der Waals surface area contributed by atoms with Gasteiger partial charge >= 0.3 is 0 Å². The third-order valence-corrected chi connectivity index (χ3v) is 4.17. The maximum Gasteiger partial charge on any atom is 0.141 e. The molecule has 25 heavy (non-hydrogen) atoms. The molecule has 0 amide bonds. The molecule has 124 valence electrons. The highest BCUT2D eigenvalue weighted by Crippen LogP contribution is 2.36. The van der Waals surface area contributed by atoms with Crippen molar-refractivity contribution in [2.24, 2.45) is 18.9 Å². The minimum atomic E-state index is -1.14. The summed E-state index contributed by atoms with van der Waals surface area (Å²) >= 11 is 12.1. The predicted octanol–water partition coefficient (Wildman–Crippen LogP) is 3.68. The fourth-order valence-electron chi connectivity index (χ4n) is 2.60. The third kappa shape index (κ3) is 3.98. The van der Waals surface area contributed by atoms with E-state index in [1.165, 1.54) is 16.9 Å². The Morgan fingerprint density at radius 2 is 1.72 bits per heavy atom. The topological polar surface area (TPSA) is 113 Å². The summed E-state index contributed by atoms with van der Waals surface area (Å²) < 4.78 is 1.51. The summed E-state index contributed by atoms with van der Waals surface area (Å²) in [5.41, 5.74) is 0.889. The molecule has 1 aromatic heterocycles. The van der Waals surface area contributed by atoms with Crippen molar-refractivity contribution in [2.45, 2.75) is 5.92 Å². The Hall–Kier alpha value is -2.85. The smallest absolute Gasteiger partial charge is 0.141 e. The minimum absolute atomic E-state index is 0.0211. The van der Waals surface area contributed by atoms with Crippen molar-refractivity contribution >= 4 is 28.9 Å². The highest BCUT2D eigenvalue weighted by molar-refractivity contribution is 6.34. The SMILES string of the molecule is Cn1cc(C(=N)C(C#N)C(c2cc(Cl)cc(Cl)c2)C(C#N)C#N)cn1. The van der Waals surface area contributed by atoms with Crippen LogP contribution in [0.3, 0.4) is 0 Å². The number of rotatable bonds is 5. The second-order valence-corrected chi connectivity index (χ2v) is 6.26. The molecule has 0 radical (unpaired) electrons. The molecule has 8 heteroatoms. The van der Waals surface area contributed by atoms with Crippen LogP contribution in [-0.2, 0) is 7.05 Å². The Balaban J connectivity index is 2.57. The number of aromatic nitrogens is 2. The van der Waals surface area contributed by atoms with Crippen LogP contribution < -0.4 is 0 Å². The van der Waals surface area contributed by atoms with Gasteiger partial charge in [0.1, 0.15) is 5.92 Å². The maximum atomic E-state index is 9.67. The lowest BCUT2D eigenvalue weighted by Crippen LogP contribution is -2.26. The van der Waals surface area contributed by atoms with Crippen molar-refractivity contribution in [1.82, 2.24) is 9.78 Å². The van der Waals surface area contributed by atoms with Crippen molar-refractivity contribution < 1.29 is 0 Å². The summed E-state index contributed by atoms with van der Waals surface area (Å²) in [6, 6.07) is 10.5. The molecule has 1 aromatic carbocycles. The van der Waals surface area contributed by atoms with Crippen LogP contribution >= 0.6 is 23.2 Å². The van der Waals surface area contributed by atoms with Crippen molar-refractivity contribution in [3.05, 3.63) is 51.8 Å². The number of halogens is 2. The van der Waals surface area contributed by atoms with E-state index in [9.17, 15) is 15.8 Å². The average Bonchev–Trinajstić information content (AvgIpc) is 3.00. The van der Waals surface area contributed by atoms with Crippen molar-refractivity contribution in [3.8, 4) is 18.2 Å². The normalized spacial score (nSPS) is 12.7. The van der Waals surface area contributed by atoms with E-state index >= 15 is 0 Å². The van der Waals surface area contributed by atoms with E-state index in [0.717, 1.165) is 0 Å². The molecular formula is C17H12Cl2N6. The number of hydrogen-bond donors (Lipinski definition) is 1. The van der Waals surface area contributed by atoms with Gasteiger partial charge in [0, 0.05) is 34.8 Å². The maximum absolute atomic E-state index is 9.67. The Bertz CT molecular complexity index is 894. The summed E-state index contributed by atoms with van der Waals surface area (Å²) in [7, 11) is 1.69. The highest BCUT2D eigenvalue weighted by Gasteiger charge is 2.35. The molecule has 0 bridgehead atoms. The summed E-state index contributed by atoms with van der Waals surface area (Å²) in [6.45, 7) is 0. The summed E-state index contributed by atoms with van der Waals surface area (Å²) in [6.07, 6.45) is 3.06. The van der Waals surface area contributed by atoms with Crippen LogP contribution in [0.5, 0.6) is 0 Å². The average molecular weight is 371 g/mol. The number of nitriles is 3. The Labute approximate surface area is 154 Å². The van der Waals surface area contributed by atoms with Crippen LogP contribution in [0.25, 0.3) is 0 Å². The first-order chi connectivity index (χ1) is 11.9. The lowest BCUT2D eigenvalue weighted by atomic mass is 9.75. The van der Waals surface area contributed by atoms with Crippen molar-refractivity contribution in [1.29, 1.82) is 21.2 Å². The molecule has 2 unspecified atom stereocenters. The fourth-order valence-corrected chi connectivity index (χ4v) is 3.14. The van der Waals surface area contributed by atoms with Gasteiger partial charge in [-0.25, -0.2) is 0 Å². The van der Waals surface area contributed by atoms with E-state index < -0.39 is 17.8 Å². The summed E-state index contributed by atoms with van der Waals surface area (Å²) in [5, 5.41) is 41.4. The van der Waals surface area contributed by atoms with Gasteiger partial charge in [-0.3, -0.25) is 4.68 Å². The molecule has 6 nitrogen and oxygen atoms in total. The number of benzene rings is 1. The second kappa shape index (κ2) is 7.81. The second-order valence-electron chi connectivity index (χ2n) is 5.39. The number of nitrogens with one attached hydrogen (secondary N) is 1. The number of nitrogens with zero attached hydrogens (tertiary/aromatic N) is 5. The van der Waals surface area contributed by atoms with Gasteiger partial charge in [-0.1, -0.05) is 23.2 Å². The van der Waals surface area contributed by atoms with E-state index in [0.29, 0.717) is 21.2 Å². The Morgan fingerprint density at radius 1 is 1.12 bits per heavy atom. The largest absolute Gasteiger partial charge is 0.303 e. The Kier molecular flexibility index (Phi) is 5.78. The molecule has 0 saturated heterocycles. The number of aryl methyl sites for hydroxylation is 1. The standard InChI is InChI=1S/C17H12Cl2N6/c1-25-9-12(8-24-25)17(23)15(7-22)16(11(5-20)6-21)10-2-13(18)4-14(19)3-10/h2-4,8-9,11,15-16,23H,1H3. The highest BCUT2D eigenvalue weighted by atomic mass is 35.5.